The Hall–Kier alpha value is -2.14. The number of fused-ring (bicyclic) bond motifs is 1. The molecule has 0 aliphatic carbocycles. The Kier molecular flexibility index (Phi) is 3.98. The average Bonchev–Trinajstić information content (AvgIpc) is 2.91. The first-order chi connectivity index (χ1) is 10.6. The summed E-state index contributed by atoms with van der Waals surface area (Å²) in [4.78, 5) is 4.72. The zero-order valence-electron chi connectivity index (χ0n) is 12.4. The number of nitrogens with zero attached hydrogens (tertiary/aromatic N) is 2. The van der Waals surface area contributed by atoms with E-state index in [2.05, 4.69) is 4.98 Å². The lowest BCUT2D eigenvalue weighted by molar-refractivity contribution is 0.587. The first-order valence-electron chi connectivity index (χ1n) is 7.25. The highest BCUT2D eigenvalue weighted by molar-refractivity contribution is 7.91. The Bertz CT molecular complexity index is 898. The van der Waals surface area contributed by atoms with Gasteiger partial charge in [-0.1, -0.05) is 24.3 Å². The van der Waals surface area contributed by atoms with E-state index in [0.29, 0.717) is 17.9 Å². The fraction of sp³-hybridized carbons (Fsp3) is 0.235. The fourth-order valence-corrected chi connectivity index (χ4v) is 3.94. The quantitative estimate of drug-likeness (QED) is 0.726. The summed E-state index contributed by atoms with van der Waals surface area (Å²) in [7, 11) is -3.22. The fourth-order valence-electron chi connectivity index (χ4n) is 2.54. The van der Waals surface area contributed by atoms with Crippen molar-refractivity contribution in [2.45, 2.75) is 24.8 Å². The minimum Gasteiger partial charge on any atom is -0.331 e. The number of para-hydroxylation sites is 2. The third-order valence-electron chi connectivity index (χ3n) is 3.69. The van der Waals surface area contributed by atoms with Gasteiger partial charge in [0.1, 0.15) is 0 Å². The topological polar surface area (TPSA) is 52.0 Å². The Morgan fingerprint density at radius 3 is 2.73 bits per heavy atom. The molecule has 0 amide bonds. The standard InChI is InChI=1S/C17H18N2O2S/c1-14-6-4-7-15(12-14)22(20,21)11-5-10-19-13-18-16-8-2-3-9-17(16)19/h2-4,6-9,12-13H,5,10-11H2,1H3. The van der Waals surface area contributed by atoms with E-state index in [9.17, 15) is 8.42 Å². The van der Waals surface area contributed by atoms with E-state index in [1.807, 2.05) is 41.8 Å². The first-order valence-corrected chi connectivity index (χ1v) is 8.91. The van der Waals surface area contributed by atoms with Crippen LogP contribution in [0.15, 0.2) is 59.8 Å². The van der Waals surface area contributed by atoms with E-state index in [1.165, 1.54) is 0 Å². The number of imidazole rings is 1. The van der Waals surface area contributed by atoms with Crippen molar-refractivity contribution in [1.29, 1.82) is 0 Å². The number of hydrogen-bond acceptors (Lipinski definition) is 3. The van der Waals surface area contributed by atoms with Crippen molar-refractivity contribution in [2.24, 2.45) is 0 Å². The van der Waals surface area contributed by atoms with Gasteiger partial charge in [0.2, 0.25) is 0 Å². The summed E-state index contributed by atoms with van der Waals surface area (Å²) in [5.74, 6) is 0.142. The highest BCUT2D eigenvalue weighted by atomic mass is 32.2. The van der Waals surface area contributed by atoms with Crippen LogP contribution in [0.4, 0.5) is 0 Å². The molecule has 0 spiro atoms. The lowest BCUT2D eigenvalue weighted by Gasteiger charge is -2.07. The molecule has 0 aliphatic heterocycles. The average molecular weight is 314 g/mol. The van der Waals surface area contributed by atoms with E-state index < -0.39 is 9.84 Å². The molecule has 1 aromatic heterocycles. The van der Waals surface area contributed by atoms with Gasteiger partial charge in [-0.15, -0.1) is 0 Å². The van der Waals surface area contributed by atoms with Crippen LogP contribution in [0, 0.1) is 6.92 Å². The Morgan fingerprint density at radius 1 is 1.09 bits per heavy atom. The van der Waals surface area contributed by atoms with Crippen LogP contribution in [0.5, 0.6) is 0 Å². The molecule has 0 atom stereocenters. The number of benzene rings is 2. The van der Waals surface area contributed by atoms with Gasteiger partial charge in [0.15, 0.2) is 9.84 Å². The predicted molar refractivity (Wildman–Crippen MR) is 87.6 cm³/mol. The Balaban J connectivity index is 1.70. The Labute approximate surface area is 130 Å². The van der Waals surface area contributed by atoms with Crippen molar-refractivity contribution in [3.63, 3.8) is 0 Å². The van der Waals surface area contributed by atoms with Gasteiger partial charge >= 0.3 is 0 Å². The molecule has 0 unspecified atom stereocenters. The highest BCUT2D eigenvalue weighted by Crippen LogP contribution is 2.16. The second-order valence-corrected chi connectivity index (χ2v) is 7.52. The van der Waals surface area contributed by atoms with Gasteiger partial charge in [-0.2, -0.15) is 0 Å². The first kappa shape index (κ1) is 14.8. The number of rotatable bonds is 5. The third-order valence-corrected chi connectivity index (χ3v) is 5.49. The largest absolute Gasteiger partial charge is 0.331 e. The number of hydrogen-bond donors (Lipinski definition) is 0. The molecule has 0 fully saturated rings. The minimum absolute atomic E-state index is 0.142. The van der Waals surface area contributed by atoms with Crippen LogP contribution in [0.2, 0.25) is 0 Å². The van der Waals surface area contributed by atoms with E-state index in [0.717, 1.165) is 16.6 Å². The van der Waals surface area contributed by atoms with Crippen LogP contribution in [0.3, 0.4) is 0 Å². The number of aromatic nitrogens is 2. The van der Waals surface area contributed by atoms with Crippen LogP contribution >= 0.6 is 0 Å². The molecular weight excluding hydrogens is 296 g/mol. The minimum atomic E-state index is -3.22. The van der Waals surface area contributed by atoms with Crippen molar-refractivity contribution in [2.75, 3.05) is 5.75 Å². The molecule has 2 aromatic carbocycles. The van der Waals surface area contributed by atoms with Crippen LogP contribution in [-0.2, 0) is 16.4 Å². The summed E-state index contributed by atoms with van der Waals surface area (Å²) < 4.78 is 26.7. The highest BCUT2D eigenvalue weighted by Gasteiger charge is 2.14. The summed E-state index contributed by atoms with van der Waals surface area (Å²) in [5.41, 5.74) is 2.93. The summed E-state index contributed by atoms with van der Waals surface area (Å²) in [5, 5.41) is 0. The molecule has 0 N–H and O–H groups in total. The molecule has 4 nitrogen and oxygen atoms in total. The smallest absolute Gasteiger partial charge is 0.178 e. The third kappa shape index (κ3) is 3.04. The molecular formula is C17H18N2O2S. The monoisotopic (exact) mass is 314 g/mol. The molecule has 0 aliphatic rings. The van der Waals surface area contributed by atoms with E-state index in [1.54, 1.807) is 24.5 Å². The van der Waals surface area contributed by atoms with E-state index in [4.69, 9.17) is 0 Å². The van der Waals surface area contributed by atoms with Crippen LogP contribution < -0.4 is 0 Å². The second-order valence-electron chi connectivity index (χ2n) is 5.42. The molecule has 0 radical (unpaired) electrons. The molecule has 0 saturated carbocycles. The molecule has 114 valence electrons. The zero-order chi connectivity index (χ0) is 15.6. The summed E-state index contributed by atoms with van der Waals surface area (Å²) in [6.07, 6.45) is 2.33. The normalized spacial score (nSPS) is 11.9. The van der Waals surface area contributed by atoms with E-state index in [-0.39, 0.29) is 5.75 Å². The van der Waals surface area contributed by atoms with Crippen LogP contribution in [0.25, 0.3) is 11.0 Å². The second kappa shape index (κ2) is 5.93. The van der Waals surface area contributed by atoms with Gasteiger partial charge < -0.3 is 4.57 Å². The Morgan fingerprint density at radius 2 is 1.91 bits per heavy atom. The molecule has 0 bridgehead atoms. The molecule has 1 heterocycles. The SMILES string of the molecule is Cc1cccc(S(=O)(=O)CCCn2cnc3ccccc32)c1. The summed E-state index contributed by atoms with van der Waals surface area (Å²) >= 11 is 0. The lowest BCUT2D eigenvalue weighted by atomic mass is 10.2. The molecule has 22 heavy (non-hydrogen) atoms. The van der Waals surface area contributed by atoms with E-state index >= 15 is 0 Å². The molecule has 5 heteroatoms. The van der Waals surface area contributed by atoms with Gasteiger partial charge in [-0.25, -0.2) is 13.4 Å². The summed E-state index contributed by atoms with van der Waals surface area (Å²) in [6.45, 7) is 2.54. The van der Waals surface area contributed by atoms with Gasteiger partial charge in [0.05, 0.1) is 28.0 Å². The van der Waals surface area contributed by atoms with Crippen LogP contribution in [-0.4, -0.2) is 23.7 Å². The summed E-state index contributed by atoms with van der Waals surface area (Å²) in [6, 6.07) is 14.9. The predicted octanol–water partition coefficient (Wildman–Crippen LogP) is 3.21. The number of sulfone groups is 1. The lowest BCUT2D eigenvalue weighted by Crippen LogP contribution is -2.09. The zero-order valence-corrected chi connectivity index (χ0v) is 13.3. The van der Waals surface area contributed by atoms with Crippen molar-refractivity contribution in [3.05, 3.63) is 60.4 Å². The van der Waals surface area contributed by atoms with Crippen molar-refractivity contribution in [3.8, 4) is 0 Å². The van der Waals surface area contributed by atoms with Crippen molar-refractivity contribution >= 4 is 20.9 Å². The van der Waals surface area contributed by atoms with Gasteiger partial charge in [0.25, 0.3) is 0 Å². The maximum atomic E-state index is 12.4. The van der Waals surface area contributed by atoms with Gasteiger partial charge in [-0.05, 0) is 43.2 Å². The van der Waals surface area contributed by atoms with Crippen molar-refractivity contribution < 1.29 is 8.42 Å². The maximum Gasteiger partial charge on any atom is 0.178 e. The number of aryl methyl sites for hydroxylation is 2. The van der Waals surface area contributed by atoms with Crippen LogP contribution in [0.1, 0.15) is 12.0 Å². The maximum absolute atomic E-state index is 12.4. The van der Waals surface area contributed by atoms with Gasteiger partial charge in [0, 0.05) is 6.54 Å². The molecule has 0 saturated heterocycles. The van der Waals surface area contributed by atoms with Gasteiger partial charge in [-0.3, -0.25) is 0 Å². The molecule has 3 aromatic rings. The molecule has 3 rings (SSSR count). The van der Waals surface area contributed by atoms with Crippen molar-refractivity contribution in [1.82, 2.24) is 9.55 Å².